The highest BCUT2D eigenvalue weighted by atomic mass is 16.3. The molecule has 0 bridgehead atoms. The van der Waals surface area contributed by atoms with Crippen LogP contribution in [0.25, 0.3) is 0 Å². The maximum Gasteiger partial charge on any atom is 0.239 e. The van der Waals surface area contributed by atoms with Crippen molar-refractivity contribution in [3.05, 3.63) is 0 Å². The van der Waals surface area contributed by atoms with Gasteiger partial charge in [0.25, 0.3) is 0 Å². The molecule has 1 atom stereocenters. The number of nitrogens with zero attached hydrogens (tertiary/aromatic N) is 2. The van der Waals surface area contributed by atoms with Crippen LogP contribution in [0.4, 0.5) is 0 Å². The monoisotopic (exact) mass is 230 g/mol. The number of amides is 1. The average Bonchev–Trinajstić information content (AvgIpc) is 2.26. The molecule has 0 aliphatic rings. The first-order chi connectivity index (χ1) is 7.49. The molecule has 0 aliphatic carbocycles. The summed E-state index contributed by atoms with van der Waals surface area (Å²) >= 11 is 0. The molecule has 0 rings (SSSR count). The van der Waals surface area contributed by atoms with E-state index in [1.165, 1.54) is 0 Å². The Morgan fingerprint density at radius 1 is 1.19 bits per heavy atom. The minimum Gasteiger partial charge on any atom is -0.395 e. The Morgan fingerprint density at radius 3 is 2.00 bits per heavy atom. The second kappa shape index (κ2) is 7.63. The summed E-state index contributed by atoms with van der Waals surface area (Å²) in [5.74, 6) is 0.146. The van der Waals surface area contributed by atoms with Crippen LogP contribution < -0.4 is 0 Å². The van der Waals surface area contributed by atoms with Gasteiger partial charge in [0, 0.05) is 25.7 Å². The minimum absolute atomic E-state index is 0.0913. The number of hydrogen-bond acceptors (Lipinski definition) is 3. The Morgan fingerprint density at radius 2 is 1.69 bits per heavy atom. The van der Waals surface area contributed by atoms with Crippen LogP contribution in [0.3, 0.4) is 0 Å². The SMILES string of the molecule is CCN(CC)C(=O)C(C)N(CCO)C(C)C. The lowest BCUT2D eigenvalue weighted by Crippen LogP contribution is -2.50. The van der Waals surface area contributed by atoms with Gasteiger partial charge in [-0.3, -0.25) is 9.69 Å². The van der Waals surface area contributed by atoms with Crippen LogP contribution in [0.2, 0.25) is 0 Å². The van der Waals surface area contributed by atoms with Gasteiger partial charge in [-0.15, -0.1) is 0 Å². The summed E-state index contributed by atoms with van der Waals surface area (Å²) in [6.07, 6.45) is 0. The molecule has 0 aromatic heterocycles. The fourth-order valence-electron chi connectivity index (χ4n) is 1.96. The molecule has 0 fully saturated rings. The van der Waals surface area contributed by atoms with Crippen molar-refractivity contribution in [2.75, 3.05) is 26.2 Å². The van der Waals surface area contributed by atoms with Crippen LogP contribution in [-0.2, 0) is 4.79 Å². The van der Waals surface area contributed by atoms with Crippen LogP contribution in [0.5, 0.6) is 0 Å². The van der Waals surface area contributed by atoms with Gasteiger partial charge in [-0.2, -0.15) is 0 Å². The van der Waals surface area contributed by atoms with E-state index in [1.54, 1.807) is 0 Å². The van der Waals surface area contributed by atoms with Crippen molar-refractivity contribution in [1.82, 2.24) is 9.80 Å². The number of carbonyl (C=O) groups excluding carboxylic acids is 1. The lowest BCUT2D eigenvalue weighted by Gasteiger charge is -2.34. The number of aliphatic hydroxyl groups is 1. The number of rotatable bonds is 7. The molecule has 16 heavy (non-hydrogen) atoms. The number of hydrogen-bond donors (Lipinski definition) is 1. The smallest absolute Gasteiger partial charge is 0.239 e. The van der Waals surface area contributed by atoms with E-state index in [0.717, 1.165) is 13.1 Å². The lowest BCUT2D eigenvalue weighted by molar-refractivity contribution is -0.137. The lowest BCUT2D eigenvalue weighted by atomic mass is 10.2. The summed E-state index contributed by atoms with van der Waals surface area (Å²) in [6, 6.07) is 0.105. The van der Waals surface area contributed by atoms with Crippen LogP contribution in [0.15, 0.2) is 0 Å². The summed E-state index contributed by atoms with van der Waals surface area (Å²) in [4.78, 5) is 16.0. The standard InChI is InChI=1S/C12H26N2O2/c1-6-13(7-2)12(16)11(5)14(8-9-15)10(3)4/h10-11,15H,6-9H2,1-5H3. The molecular formula is C12H26N2O2. The van der Waals surface area contributed by atoms with E-state index in [4.69, 9.17) is 5.11 Å². The highest BCUT2D eigenvalue weighted by Gasteiger charge is 2.25. The van der Waals surface area contributed by atoms with Crippen molar-refractivity contribution in [1.29, 1.82) is 0 Å². The molecule has 4 nitrogen and oxygen atoms in total. The van der Waals surface area contributed by atoms with Gasteiger partial charge in [-0.1, -0.05) is 0 Å². The molecule has 0 aromatic rings. The molecule has 1 amide bonds. The van der Waals surface area contributed by atoms with E-state index in [-0.39, 0.29) is 24.6 Å². The normalized spacial score (nSPS) is 13.2. The van der Waals surface area contributed by atoms with Gasteiger partial charge in [-0.05, 0) is 34.6 Å². The summed E-state index contributed by atoms with van der Waals surface area (Å²) < 4.78 is 0. The van der Waals surface area contributed by atoms with Gasteiger partial charge in [0.1, 0.15) is 0 Å². The van der Waals surface area contributed by atoms with E-state index in [9.17, 15) is 4.79 Å². The molecule has 0 aliphatic heterocycles. The van der Waals surface area contributed by atoms with E-state index in [2.05, 4.69) is 0 Å². The summed E-state index contributed by atoms with van der Waals surface area (Å²) in [5, 5.41) is 9.00. The van der Waals surface area contributed by atoms with Crippen LogP contribution in [-0.4, -0.2) is 59.1 Å². The van der Waals surface area contributed by atoms with E-state index < -0.39 is 0 Å². The summed E-state index contributed by atoms with van der Waals surface area (Å²) in [6.45, 7) is 12.1. The highest BCUT2D eigenvalue weighted by molar-refractivity contribution is 5.81. The average molecular weight is 230 g/mol. The Labute approximate surface area is 99.2 Å². The van der Waals surface area contributed by atoms with Crippen molar-refractivity contribution >= 4 is 5.91 Å². The van der Waals surface area contributed by atoms with Gasteiger partial charge < -0.3 is 10.0 Å². The largest absolute Gasteiger partial charge is 0.395 e. The second-order valence-corrected chi connectivity index (χ2v) is 4.24. The summed E-state index contributed by atoms with van der Waals surface area (Å²) in [5.41, 5.74) is 0. The van der Waals surface area contributed by atoms with Crippen LogP contribution in [0, 0.1) is 0 Å². The molecule has 1 unspecified atom stereocenters. The third-order valence-corrected chi connectivity index (χ3v) is 2.95. The zero-order valence-corrected chi connectivity index (χ0v) is 11.2. The quantitative estimate of drug-likeness (QED) is 0.708. The Balaban J connectivity index is 4.58. The zero-order valence-electron chi connectivity index (χ0n) is 11.2. The fraction of sp³-hybridized carbons (Fsp3) is 0.917. The van der Waals surface area contributed by atoms with Crippen molar-refractivity contribution < 1.29 is 9.90 Å². The molecule has 0 aromatic carbocycles. The molecule has 0 heterocycles. The zero-order chi connectivity index (χ0) is 12.7. The van der Waals surface area contributed by atoms with E-state index >= 15 is 0 Å². The Kier molecular flexibility index (Phi) is 7.34. The predicted octanol–water partition coefficient (Wildman–Crippen LogP) is 0.946. The third-order valence-electron chi connectivity index (χ3n) is 2.95. The van der Waals surface area contributed by atoms with Gasteiger partial charge in [0.05, 0.1) is 12.6 Å². The molecule has 0 radical (unpaired) electrons. The van der Waals surface area contributed by atoms with Crippen molar-refractivity contribution in [2.45, 2.75) is 46.7 Å². The molecule has 96 valence electrons. The van der Waals surface area contributed by atoms with Crippen LogP contribution in [0.1, 0.15) is 34.6 Å². The maximum atomic E-state index is 12.1. The van der Waals surface area contributed by atoms with Crippen LogP contribution >= 0.6 is 0 Å². The molecule has 0 spiro atoms. The minimum atomic E-state index is -0.160. The van der Waals surface area contributed by atoms with Crippen molar-refractivity contribution in [3.63, 3.8) is 0 Å². The fourth-order valence-corrected chi connectivity index (χ4v) is 1.96. The Hall–Kier alpha value is -0.610. The first-order valence-electron chi connectivity index (χ1n) is 6.14. The molecular weight excluding hydrogens is 204 g/mol. The first-order valence-corrected chi connectivity index (χ1v) is 6.14. The first kappa shape index (κ1) is 15.4. The topological polar surface area (TPSA) is 43.8 Å². The predicted molar refractivity (Wildman–Crippen MR) is 66.3 cm³/mol. The number of aliphatic hydroxyl groups excluding tert-OH is 1. The summed E-state index contributed by atoms with van der Waals surface area (Å²) in [7, 11) is 0. The maximum absolute atomic E-state index is 12.1. The molecule has 1 N–H and O–H groups in total. The number of carbonyl (C=O) groups is 1. The van der Waals surface area contributed by atoms with E-state index in [0.29, 0.717) is 6.54 Å². The van der Waals surface area contributed by atoms with E-state index in [1.807, 2.05) is 44.4 Å². The van der Waals surface area contributed by atoms with Crippen molar-refractivity contribution in [3.8, 4) is 0 Å². The molecule has 0 saturated carbocycles. The number of likely N-dealkylation sites (N-methyl/N-ethyl adjacent to an activating group) is 1. The van der Waals surface area contributed by atoms with Gasteiger partial charge in [0.15, 0.2) is 0 Å². The Bertz CT molecular complexity index is 203. The third kappa shape index (κ3) is 4.10. The van der Waals surface area contributed by atoms with Gasteiger partial charge in [0.2, 0.25) is 5.91 Å². The van der Waals surface area contributed by atoms with Crippen molar-refractivity contribution in [2.24, 2.45) is 0 Å². The second-order valence-electron chi connectivity index (χ2n) is 4.24. The molecule has 0 saturated heterocycles. The highest BCUT2D eigenvalue weighted by Crippen LogP contribution is 2.08. The van der Waals surface area contributed by atoms with Gasteiger partial charge in [-0.25, -0.2) is 0 Å². The molecule has 4 heteroatoms. The van der Waals surface area contributed by atoms with Gasteiger partial charge >= 0.3 is 0 Å².